The number of halogens is 3. The highest BCUT2D eigenvalue weighted by atomic mass is 19.4. The molecule has 0 aromatic heterocycles. The summed E-state index contributed by atoms with van der Waals surface area (Å²) in [4.78, 5) is 26.1. The minimum absolute atomic E-state index is 0.0349. The SMILES string of the molecule is COC(=O)OC1=C(C)N(C)C(C)=C(OC(=O)OC(C)C(C)C)C1c1ccc(C(F)(F)F)cc1. The molecule has 0 saturated heterocycles. The normalized spacial score (nSPS) is 17.8. The highest BCUT2D eigenvalue weighted by Crippen LogP contribution is 2.43. The van der Waals surface area contributed by atoms with Crippen LogP contribution in [-0.2, 0) is 25.1 Å². The molecule has 2 atom stereocenters. The van der Waals surface area contributed by atoms with Gasteiger partial charge in [0.1, 0.15) is 23.5 Å². The molecule has 0 radical (unpaired) electrons. The number of allylic oxidation sites excluding steroid dienone is 2. The molecular formula is C23H28F3NO6. The van der Waals surface area contributed by atoms with Gasteiger partial charge in [0.05, 0.1) is 24.1 Å². The van der Waals surface area contributed by atoms with E-state index in [0.29, 0.717) is 17.0 Å². The van der Waals surface area contributed by atoms with Crippen LogP contribution in [0.25, 0.3) is 0 Å². The Balaban J connectivity index is 2.56. The lowest BCUT2D eigenvalue weighted by atomic mass is 9.89. The maximum Gasteiger partial charge on any atom is 0.513 e. The largest absolute Gasteiger partial charge is 0.513 e. The minimum atomic E-state index is -4.52. The lowest BCUT2D eigenvalue weighted by Gasteiger charge is -2.35. The fourth-order valence-corrected chi connectivity index (χ4v) is 3.08. The van der Waals surface area contributed by atoms with Gasteiger partial charge in [-0.3, -0.25) is 0 Å². The summed E-state index contributed by atoms with van der Waals surface area (Å²) < 4.78 is 60.0. The van der Waals surface area contributed by atoms with E-state index >= 15 is 0 Å². The number of nitrogens with zero attached hydrogens (tertiary/aromatic N) is 1. The van der Waals surface area contributed by atoms with Gasteiger partial charge in [-0.15, -0.1) is 0 Å². The van der Waals surface area contributed by atoms with Crippen molar-refractivity contribution in [2.24, 2.45) is 5.92 Å². The Morgan fingerprint density at radius 1 is 0.939 bits per heavy atom. The van der Waals surface area contributed by atoms with Crippen LogP contribution in [0.3, 0.4) is 0 Å². The number of alkyl halides is 3. The third kappa shape index (κ3) is 6.00. The first-order valence-corrected chi connectivity index (χ1v) is 10.2. The fraction of sp³-hybridized carbons (Fsp3) is 0.478. The molecule has 0 saturated carbocycles. The summed E-state index contributed by atoms with van der Waals surface area (Å²) in [5, 5.41) is 0. The lowest BCUT2D eigenvalue weighted by Crippen LogP contribution is -2.31. The number of carbonyl (C=O) groups is 2. The van der Waals surface area contributed by atoms with E-state index in [2.05, 4.69) is 4.74 Å². The summed E-state index contributed by atoms with van der Waals surface area (Å²) in [6.45, 7) is 8.79. The van der Waals surface area contributed by atoms with Crippen LogP contribution in [0.15, 0.2) is 47.2 Å². The summed E-state index contributed by atoms with van der Waals surface area (Å²) in [6, 6.07) is 4.30. The first-order chi connectivity index (χ1) is 15.3. The number of benzene rings is 1. The monoisotopic (exact) mass is 471 g/mol. The van der Waals surface area contributed by atoms with Crippen LogP contribution >= 0.6 is 0 Å². The van der Waals surface area contributed by atoms with Crippen LogP contribution in [0.1, 0.15) is 51.7 Å². The summed E-state index contributed by atoms with van der Waals surface area (Å²) in [7, 11) is 2.79. The summed E-state index contributed by atoms with van der Waals surface area (Å²) >= 11 is 0. The number of hydrogen-bond acceptors (Lipinski definition) is 7. The van der Waals surface area contributed by atoms with E-state index in [1.807, 2.05) is 13.8 Å². The van der Waals surface area contributed by atoms with Crippen LogP contribution in [0, 0.1) is 5.92 Å². The topological polar surface area (TPSA) is 74.3 Å². The predicted octanol–water partition coefficient (Wildman–Crippen LogP) is 6.18. The van der Waals surface area contributed by atoms with Crippen LogP contribution in [-0.4, -0.2) is 37.5 Å². The Morgan fingerprint density at radius 3 is 1.85 bits per heavy atom. The molecule has 7 nitrogen and oxygen atoms in total. The molecule has 1 aliphatic heterocycles. The Morgan fingerprint density at radius 2 is 1.42 bits per heavy atom. The van der Waals surface area contributed by atoms with Gasteiger partial charge < -0.3 is 23.8 Å². The molecule has 1 aliphatic rings. The zero-order valence-electron chi connectivity index (χ0n) is 19.6. The molecule has 1 heterocycles. The molecule has 1 aromatic carbocycles. The number of carbonyl (C=O) groups excluding carboxylic acids is 2. The van der Waals surface area contributed by atoms with Crippen molar-refractivity contribution < 1.29 is 41.7 Å². The first-order valence-electron chi connectivity index (χ1n) is 10.2. The van der Waals surface area contributed by atoms with E-state index in [1.54, 1.807) is 32.7 Å². The van der Waals surface area contributed by atoms with Gasteiger partial charge in [-0.25, -0.2) is 9.59 Å². The molecule has 0 fully saturated rings. The van der Waals surface area contributed by atoms with Crippen LogP contribution in [0.4, 0.5) is 22.8 Å². The second kappa shape index (κ2) is 10.2. The van der Waals surface area contributed by atoms with Gasteiger partial charge in [0.15, 0.2) is 0 Å². The number of methoxy groups -OCH3 is 1. The molecular weight excluding hydrogens is 443 g/mol. The second-order valence-corrected chi connectivity index (χ2v) is 7.99. The molecule has 182 valence electrons. The highest BCUT2D eigenvalue weighted by Gasteiger charge is 2.38. The van der Waals surface area contributed by atoms with E-state index in [9.17, 15) is 22.8 Å². The van der Waals surface area contributed by atoms with Crippen molar-refractivity contribution in [1.82, 2.24) is 4.90 Å². The second-order valence-electron chi connectivity index (χ2n) is 7.99. The van der Waals surface area contributed by atoms with Gasteiger partial charge in [0.2, 0.25) is 0 Å². The summed E-state index contributed by atoms with van der Waals surface area (Å²) in [6.07, 6.45) is -6.96. The number of ether oxygens (including phenoxy) is 4. The molecule has 10 heteroatoms. The van der Waals surface area contributed by atoms with Crippen molar-refractivity contribution in [3.63, 3.8) is 0 Å². The molecule has 0 aliphatic carbocycles. The predicted molar refractivity (Wildman–Crippen MR) is 113 cm³/mol. The maximum absolute atomic E-state index is 13.1. The summed E-state index contributed by atoms with van der Waals surface area (Å²) in [5.74, 6) is -0.852. The Bertz CT molecular complexity index is 950. The standard InChI is InChI=1S/C23H28F3NO6/c1-12(2)15(5)31-22(29)33-20-14(4)27(6)13(3)19(32-21(28)30-7)18(20)16-8-10-17(11-9-16)23(24,25)26/h8-12,15,18H,1-7H3. The summed E-state index contributed by atoms with van der Waals surface area (Å²) in [5.41, 5.74) is 0.444. The smallest absolute Gasteiger partial charge is 0.437 e. The maximum atomic E-state index is 13.1. The quantitative estimate of drug-likeness (QED) is 0.475. The minimum Gasteiger partial charge on any atom is -0.437 e. The van der Waals surface area contributed by atoms with Crippen molar-refractivity contribution in [2.75, 3.05) is 14.2 Å². The van der Waals surface area contributed by atoms with Gasteiger partial charge >= 0.3 is 18.5 Å². The van der Waals surface area contributed by atoms with Crippen LogP contribution < -0.4 is 0 Å². The zero-order chi connectivity index (χ0) is 25.1. The Kier molecular flexibility index (Phi) is 8.05. The number of hydrogen-bond donors (Lipinski definition) is 0. The third-order valence-corrected chi connectivity index (χ3v) is 5.59. The molecule has 33 heavy (non-hydrogen) atoms. The first kappa shape index (κ1) is 26.1. The van der Waals surface area contributed by atoms with Gasteiger partial charge in [-0.2, -0.15) is 13.2 Å². The molecule has 2 rings (SSSR count). The molecule has 1 aromatic rings. The van der Waals surface area contributed by atoms with Gasteiger partial charge in [-0.1, -0.05) is 26.0 Å². The van der Waals surface area contributed by atoms with Crippen LogP contribution in [0.2, 0.25) is 0 Å². The Labute approximate surface area is 190 Å². The van der Waals surface area contributed by atoms with Gasteiger partial charge in [-0.05, 0) is 44.4 Å². The van der Waals surface area contributed by atoms with E-state index < -0.39 is 36.1 Å². The van der Waals surface area contributed by atoms with E-state index in [0.717, 1.165) is 19.2 Å². The Hall–Kier alpha value is -3.17. The third-order valence-electron chi connectivity index (χ3n) is 5.59. The lowest BCUT2D eigenvalue weighted by molar-refractivity contribution is -0.137. The van der Waals surface area contributed by atoms with Gasteiger partial charge in [0.25, 0.3) is 0 Å². The molecule has 0 amide bonds. The van der Waals surface area contributed by atoms with Crippen molar-refractivity contribution in [1.29, 1.82) is 0 Å². The van der Waals surface area contributed by atoms with Crippen molar-refractivity contribution in [3.8, 4) is 0 Å². The molecule has 0 N–H and O–H groups in total. The fourth-order valence-electron chi connectivity index (χ4n) is 3.08. The van der Waals surface area contributed by atoms with E-state index in [4.69, 9.17) is 14.2 Å². The van der Waals surface area contributed by atoms with Gasteiger partial charge in [0, 0.05) is 7.05 Å². The number of rotatable bonds is 5. The molecule has 2 unspecified atom stereocenters. The van der Waals surface area contributed by atoms with E-state index in [1.165, 1.54) is 12.1 Å². The van der Waals surface area contributed by atoms with Crippen molar-refractivity contribution in [2.45, 2.75) is 52.8 Å². The van der Waals surface area contributed by atoms with Crippen molar-refractivity contribution >= 4 is 12.3 Å². The molecule has 0 bridgehead atoms. The molecule has 0 spiro atoms. The van der Waals surface area contributed by atoms with Crippen LogP contribution in [0.5, 0.6) is 0 Å². The zero-order valence-corrected chi connectivity index (χ0v) is 19.6. The van der Waals surface area contributed by atoms with Crippen molar-refractivity contribution in [3.05, 3.63) is 58.3 Å². The average molecular weight is 471 g/mol. The van der Waals surface area contributed by atoms with E-state index in [-0.39, 0.29) is 17.4 Å². The highest BCUT2D eigenvalue weighted by molar-refractivity contribution is 5.65. The average Bonchev–Trinajstić information content (AvgIpc) is 2.74.